The van der Waals surface area contributed by atoms with Gasteiger partial charge in [0.2, 0.25) is 0 Å². The van der Waals surface area contributed by atoms with Crippen molar-refractivity contribution < 1.29 is 32.3 Å². The summed E-state index contributed by atoms with van der Waals surface area (Å²) in [7, 11) is 0. The van der Waals surface area contributed by atoms with Crippen molar-refractivity contribution in [3.05, 3.63) is 64.2 Å². The average Bonchev–Trinajstić information content (AvgIpc) is 2.72. The number of carbonyl (C=O) groups excluding carboxylic acids is 3. The van der Waals surface area contributed by atoms with Crippen LogP contribution in [0.15, 0.2) is 42.5 Å². The van der Waals surface area contributed by atoms with Crippen LogP contribution in [-0.2, 0) is 25.9 Å². The molecule has 0 heterocycles. The SMILES string of the molecule is CC(C)(C)c1ccc(C(=O)NCCC(=O)OCC(=O)Nc2c(Cl)cccc2C(F)(F)F)cc1. The molecule has 2 amide bonds. The van der Waals surface area contributed by atoms with Crippen molar-refractivity contribution in [1.82, 2.24) is 5.32 Å². The summed E-state index contributed by atoms with van der Waals surface area (Å²) in [4.78, 5) is 35.9. The number of carbonyl (C=O) groups is 3. The molecule has 0 saturated carbocycles. The quantitative estimate of drug-likeness (QED) is 0.544. The molecule has 0 aromatic heterocycles. The first-order chi connectivity index (χ1) is 15.3. The Balaban J connectivity index is 1.80. The van der Waals surface area contributed by atoms with E-state index in [0.717, 1.165) is 17.7 Å². The van der Waals surface area contributed by atoms with Crippen molar-refractivity contribution in [2.24, 2.45) is 0 Å². The molecule has 2 aromatic rings. The lowest BCUT2D eigenvalue weighted by Gasteiger charge is -2.19. The molecule has 0 aliphatic carbocycles. The molecular formula is C23H24ClF3N2O4. The van der Waals surface area contributed by atoms with Crippen LogP contribution in [0, 0.1) is 0 Å². The minimum absolute atomic E-state index is 0.0386. The van der Waals surface area contributed by atoms with E-state index in [2.05, 4.69) is 26.1 Å². The molecular weight excluding hydrogens is 461 g/mol. The van der Waals surface area contributed by atoms with Gasteiger partial charge in [0.05, 0.1) is 22.7 Å². The number of hydrogen-bond donors (Lipinski definition) is 2. The third-order valence-electron chi connectivity index (χ3n) is 4.58. The van der Waals surface area contributed by atoms with Crippen molar-refractivity contribution in [2.75, 3.05) is 18.5 Å². The Kier molecular flexibility index (Phi) is 8.49. The van der Waals surface area contributed by atoms with E-state index in [1.165, 1.54) is 6.07 Å². The highest BCUT2D eigenvalue weighted by atomic mass is 35.5. The number of alkyl halides is 3. The Morgan fingerprint density at radius 1 is 1.00 bits per heavy atom. The van der Waals surface area contributed by atoms with Crippen LogP contribution in [0.1, 0.15) is 48.7 Å². The van der Waals surface area contributed by atoms with E-state index in [1.54, 1.807) is 12.1 Å². The fourth-order valence-corrected chi connectivity index (χ4v) is 3.00. The lowest BCUT2D eigenvalue weighted by atomic mass is 9.87. The Labute approximate surface area is 194 Å². The van der Waals surface area contributed by atoms with Crippen LogP contribution in [0.25, 0.3) is 0 Å². The molecule has 0 atom stereocenters. The monoisotopic (exact) mass is 484 g/mol. The maximum absolute atomic E-state index is 13.1. The number of hydrogen-bond acceptors (Lipinski definition) is 4. The molecule has 178 valence electrons. The van der Waals surface area contributed by atoms with Crippen LogP contribution in [0.4, 0.5) is 18.9 Å². The fraction of sp³-hybridized carbons (Fsp3) is 0.348. The lowest BCUT2D eigenvalue weighted by Crippen LogP contribution is -2.28. The van der Waals surface area contributed by atoms with Crippen molar-refractivity contribution in [3.8, 4) is 0 Å². The summed E-state index contributed by atoms with van der Waals surface area (Å²) in [5.41, 5.74) is -0.285. The Morgan fingerprint density at radius 3 is 2.21 bits per heavy atom. The molecule has 0 aliphatic heterocycles. The summed E-state index contributed by atoms with van der Waals surface area (Å²) >= 11 is 5.76. The van der Waals surface area contributed by atoms with E-state index in [4.69, 9.17) is 16.3 Å². The van der Waals surface area contributed by atoms with Gasteiger partial charge in [0, 0.05) is 12.1 Å². The van der Waals surface area contributed by atoms with Gasteiger partial charge >= 0.3 is 12.1 Å². The number of halogens is 4. The molecule has 6 nitrogen and oxygen atoms in total. The Morgan fingerprint density at radius 2 is 1.64 bits per heavy atom. The molecule has 2 N–H and O–H groups in total. The van der Waals surface area contributed by atoms with E-state index in [-0.39, 0.29) is 29.3 Å². The second-order valence-corrected chi connectivity index (χ2v) is 8.61. The van der Waals surface area contributed by atoms with Gasteiger partial charge in [-0.15, -0.1) is 0 Å². The van der Waals surface area contributed by atoms with Crippen LogP contribution in [0.2, 0.25) is 5.02 Å². The normalized spacial score (nSPS) is 11.6. The molecule has 2 rings (SSSR count). The van der Waals surface area contributed by atoms with Gasteiger partial charge in [-0.2, -0.15) is 13.2 Å². The van der Waals surface area contributed by atoms with E-state index in [0.29, 0.717) is 5.56 Å². The summed E-state index contributed by atoms with van der Waals surface area (Å²) in [6, 6.07) is 10.1. The molecule has 0 fully saturated rings. The predicted molar refractivity (Wildman–Crippen MR) is 118 cm³/mol. The van der Waals surface area contributed by atoms with Crippen molar-refractivity contribution >= 4 is 35.1 Å². The second-order valence-electron chi connectivity index (χ2n) is 8.20. The highest BCUT2D eigenvalue weighted by Crippen LogP contribution is 2.38. The highest BCUT2D eigenvalue weighted by molar-refractivity contribution is 6.34. The zero-order valence-electron chi connectivity index (χ0n) is 18.3. The topological polar surface area (TPSA) is 84.5 Å². The summed E-state index contributed by atoms with van der Waals surface area (Å²) < 4.78 is 43.9. The molecule has 0 saturated heterocycles. The largest absolute Gasteiger partial charge is 0.456 e. The van der Waals surface area contributed by atoms with Crippen LogP contribution >= 0.6 is 11.6 Å². The van der Waals surface area contributed by atoms with Gasteiger partial charge in [0.15, 0.2) is 6.61 Å². The molecule has 0 radical (unpaired) electrons. The Bertz CT molecular complexity index is 1020. The molecule has 10 heteroatoms. The van der Waals surface area contributed by atoms with E-state index in [1.807, 2.05) is 17.4 Å². The number of ether oxygens (including phenoxy) is 1. The van der Waals surface area contributed by atoms with Gasteiger partial charge in [-0.05, 0) is 35.2 Å². The van der Waals surface area contributed by atoms with Crippen LogP contribution in [0.3, 0.4) is 0 Å². The maximum Gasteiger partial charge on any atom is 0.418 e. The number of nitrogens with one attached hydrogen (secondary N) is 2. The van der Waals surface area contributed by atoms with E-state index in [9.17, 15) is 27.6 Å². The van der Waals surface area contributed by atoms with Gasteiger partial charge in [-0.3, -0.25) is 14.4 Å². The minimum atomic E-state index is -4.73. The Hall–Kier alpha value is -3.07. The van der Waals surface area contributed by atoms with Crippen molar-refractivity contribution in [2.45, 2.75) is 38.8 Å². The number of rotatable bonds is 7. The highest BCUT2D eigenvalue weighted by Gasteiger charge is 2.34. The lowest BCUT2D eigenvalue weighted by molar-refractivity contribution is -0.147. The standard InChI is InChI=1S/C23H24ClF3N2O4/c1-22(2,3)15-9-7-14(8-10-15)21(32)28-12-11-19(31)33-13-18(30)29-20-16(23(25,26)27)5-4-6-17(20)24/h4-10H,11-13H2,1-3H3,(H,28,32)(H,29,30). The summed E-state index contributed by atoms with van der Waals surface area (Å²) in [6.07, 6.45) is -4.95. The average molecular weight is 485 g/mol. The van der Waals surface area contributed by atoms with Crippen molar-refractivity contribution in [1.29, 1.82) is 0 Å². The number of anilines is 1. The minimum Gasteiger partial charge on any atom is -0.456 e. The van der Waals surface area contributed by atoms with Crippen LogP contribution in [-0.4, -0.2) is 30.9 Å². The number of amides is 2. The fourth-order valence-electron chi connectivity index (χ4n) is 2.78. The van der Waals surface area contributed by atoms with Gasteiger partial charge < -0.3 is 15.4 Å². The summed E-state index contributed by atoms with van der Waals surface area (Å²) in [5, 5.41) is 4.28. The molecule has 0 spiro atoms. The van der Waals surface area contributed by atoms with E-state index < -0.39 is 35.9 Å². The van der Waals surface area contributed by atoms with Gasteiger partial charge in [-0.1, -0.05) is 50.6 Å². The number of benzene rings is 2. The zero-order valence-corrected chi connectivity index (χ0v) is 19.1. The van der Waals surface area contributed by atoms with Gasteiger partial charge in [0.25, 0.3) is 11.8 Å². The molecule has 2 aromatic carbocycles. The van der Waals surface area contributed by atoms with Gasteiger partial charge in [0.1, 0.15) is 0 Å². The number of para-hydroxylation sites is 1. The molecule has 0 aliphatic rings. The first-order valence-electron chi connectivity index (χ1n) is 9.99. The molecule has 0 bridgehead atoms. The predicted octanol–water partition coefficient (Wildman–Crippen LogP) is 4.96. The summed E-state index contributed by atoms with van der Waals surface area (Å²) in [5.74, 6) is -2.16. The molecule has 0 unspecified atom stereocenters. The van der Waals surface area contributed by atoms with Crippen LogP contribution in [0.5, 0.6) is 0 Å². The zero-order chi connectivity index (χ0) is 24.8. The smallest absolute Gasteiger partial charge is 0.418 e. The third-order valence-corrected chi connectivity index (χ3v) is 4.89. The van der Waals surface area contributed by atoms with Gasteiger partial charge in [-0.25, -0.2) is 0 Å². The number of esters is 1. The van der Waals surface area contributed by atoms with Crippen LogP contribution < -0.4 is 10.6 Å². The first kappa shape index (κ1) is 26.2. The first-order valence-corrected chi connectivity index (χ1v) is 10.4. The second kappa shape index (κ2) is 10.7. The molecule has 33 heavy (non-hydrogen) atoms. The summed E-state index contributed by atoms with van der Waals surface area (Å²) in [6.45, 7) is 5.32. The van der Waals surface area contributed by atoms with Crippen molar-refractivity contribution in [3.63, 3.8) is 0 Å². The maximum atomic E-state index is 13.1. The third kappa shape index (κ3) is 7.78. The van der Waals surface area contributed by atoms with E-state index >= 15 is 0 Å².